The van der Waals surface area contributed by atoms with Gasteiger partial charge in [-0.15, -0.1) is 24.0 Å². The predicted molar refractivity (Wildman–Crippen MR) is 115 cm³/mol. The maximum Gasteiger partial charge on any atom is 0.243 e. The van der Waals surface area contributed by atoms with Crippen molar-refractivity contribution < 1.29 is 4.79 Å². The van der Waals surface area contributed by atoms with Gasteiger partial charge < -0.3 is 15.1 Å². The Morgan fingerprint density at radius 3 is 2.35 bits per heavy atom. The fourth-order valence-corrected chi connectivity index (χ4v) is 4.85. The van der Waals surface area contributed by atoms with E-state index in [1.54, 1.807) is 19.0 Å². The maximum absolute atomic E-state index is 11.9. The molecule has 4 fully saturated rings. The van der Waals surface area contributed by atoms with Crippen LogP contribution in [0.25, 0.3) is 0 Å². The van der Waals surface area contributed by atoms with E-state index in [0.717, 1.165) is 50.0 Å². The van der Waals surface area contributed by atoms with Gasteiger partial charge in [-0.2, -0.15) is 0 Å². The normalized spacial score (nSPS) is 31.7. The van der Waals surface area contributed by atoms with Crippen molar-refractivity contribution in [2.24, 2.45) is 16.8 Å². The third kappa shape index (κ3) is 4.64. The zero-order valence-corrected chi connectivity index (χ0v) is 18.5. The van der Waals surface area contributed by atoms with Crippen molar-refractivity contribution in [3.63, 3.8) is 0 Å². The van der Waals surface area contributed by atoms with Crippen LogP contribution in [-0.4, -0.2) is 85.5 Å². The van der Waals surface area contributed by atoms with Crippen molar-refractivity contribution in [1.82, 2.24) is 20.0 Å². The molecule has 3 saturated carbocycles. The number of piperazine rings is 1. The SMILES string of the molecule is CN(C)C(=O)CN=C(NC1CC1)N1CCN(C2CC3CCC2C3)CC1.I. The number of carbonyl (C=O) groups excluding carboxylic acids is 1. The Balaban J connectivity index is 0.00000196. The molecule has 0 radical (unpaired) electrons. The van der Waals surface area contributed by atoms with E-state index in [-0.39, 0.29) is 36.4 Å². The van der Waals surface area contributed by atoms with Crippen LogP contribution in [0.15, 0.2) is 4.99 Å². The Bertz CT molecular complexity index is 528. The van der Waals surface area contributed by atoms with Gasteiger partial charge in [0.1, 0.15) is 6.54 Å². The number of hydrogen-bond donors (Lipinski definition) is 1. The van der Waals surface area contributed by atoms with Gasteiger partial charge in [0.25, 0.3) is 0 Å². The van der Waals surface area contributed by atoms with Gasteiger partial charge in [-0.25, -0.2) is 4.99 Å². The van der Waals surface area contributed by atoms with Crippen LogP contribution < -0.4 is 5.32 Å². The summed E-state index contributed by atoms with van der Waals surface area (Å²) in [6, 6.07) is 1.41. The molecule has 0 aromatic heterocycles. The standard InChI is InChI=1S/C19H33N5O.HI/c1-22(2)18(25)13-20-19(21-16-5-6-16)24-9-7-23(8-10-24)17-12-14-3-4-15(17)11-14;/h14-17H,3-13H2,1-2H3,(H,20,21);1H. The van der Waals surface area contributed by atoms with E-state index in [2.05, 4.69) is 20.1 Å². The summed E-state index contributed by atoms with van der Waals surface area (Å²) in [7, 11) is 3.58. The molecule has 6 nitrogen and oxygen atoms in total. The molecule has 0 aromatic rings. The molecule has 1 aliphatic heterocycles. The molecule has 26 heavy (non-hydrogen) atoms. The van der Waals surface area contributed by atoms with Gasteiger partial charge in [0.05, 0.1) is 0 Å². The molecule has 148 valence electrons. The number of halogens is 1. The Morgan fingerprint density at radius 2 is 1.81 bits per heavy atom. The van der Waals surface area contributed by atoms with E-state index in [4.69, 9.17) is 0 Å². The molecule has 4 aliphatic rings. The summed E-state index contributed by atoms with van der Waals surface area (Å²) in [6.07, 6.45) is 8.30. The van der Waals surface area contributed by atoms with Gasteiger partial charge in [0, 0.05) is 52.4 Å². The van der Waals surface area contributed by atoms with Crippen LogP contribution in [0.3, 0.4) is 0 Å². The Hall–Kier alpha value is -0.570. The van der Waals surface area contributed by atoms with Crippen LogP contribution in [0, 0.1) is 11.8 Å². The van der Waals surface area contributed by atoms with Crippen LogP contribution in [0.4, 0.5) is 0 Å². The first-order valence-corrected chi connectivity index (χ1v) is 10.1. The lowest BCUT2D eigenvalue weighted by Gasteiger charge is -2.42. The first-order valence-electron chi connectivity index (χ1n) is 10.1. The lowest BCUT2D eigenvalue weighted by atomic mass is 9.93. The number of likely N-dealkylation sites (N-methyl/N-ethyl adjacent to an activating group) is 1. The van der Waals surface area contributed by atoms with Crippen LogP contribution in [0.1, 0.15) is 38.5 Å². The molecule has 1 heterocycles. The number of nitrogens with one attached hydrogen (secondary N) is 1. The minimum Gasteiger partial charge on any atom is -0.353 e. The Labute approximate surface area is 174 Å². The zero-order chi connectivity index (χ0) is 17.4. The summed E-state index contributed by atoms with van der Waals surface area (Å²) < 4.78 is 0. The van der Waals surface area contributed by atoms with Gasteiger partial charge in [-0.1, -0.05) is 6.42 Å². The fraction of sp³-hybridized carbons (Fsp3) is 0.895. The zero-order valence-electron chi connectivity index (χ0n) is 16.2. The Morgan fingerprint density at radius 1 is 1.08 bits per heavy atom. The van der Waals surface area contributed by atoms with Crippen molar-refractivity contribution >= 4 is 35.8 Å². The first kappa shape index (κ1) is 20.2. The highest BCUT2D eigenvalue weighted by atomic mass is 127. The lowest BCUT2D eigenvalue weighted by Crippen LogP contribution is -2.56. The van der Waals surface area contributed by atoms with Gasteiger partial charge in [0.15, 0.2) is 5.96 Å². The van der Waals surface area contributed by atoms with E-state index >= 15 is 0 Å². The van der Waals surface area contributed by atoms with Crippen molar-refractivity contribution in [2.75, 3.05) is 46.8 Å². The molecule has 0 spiro atoms. The van der Waals surface area contributed by atoms with Crippen LogP contribution in [0.2, 0.25) is 0 Å². The summed E-state index contributed by atoms with van der Waals surface area (Å²) in [5, 5.41) is 3.55. The summed E-state index contributed by atoms with van der Waals surface area (Å²) in [6.45, 7) is 4.58. The highest BCUT2D eigenvalue weighted by Gasteiger charge is 2.43. The van der Waals surface area contributed by atoms with Crippen LogP contribution >= 0.6 is 24.0 Å². The molecule has 0 aromatic carbocycles. The third-order valence-electron chi connectivity index (χ3n) is 6.56. The summed E-state index contributed by atoms with van der Waals surface area (Å²) in [4.78, 5) is 23.2. The van der Waals surface area contributed by atoms with Gasteiger partial charge in [0.2, 0.25) is 5.91 Å². The molecule has 3 atom stereocenters. The van der Waals surface area contributed by atoms with E-state index in [1.807, 2.05) is 0 Å². The number of fused-ring (bicyclic) bond motifs is 2. The summed E-state index contributed by atoms with van der Waals surface area (Å²) in [5.74, 6) is 2.99. The fourth-order valence-electron chi connectivity index (χ4n) is 4.85. The summed E-state index contributed by atoms with van der Waals surface area (Å²) in [5.41, 5.74) is 0. The molecular weight excluding hydrogens is 441 g/mol. The number of hydrogen-bond acceptors (Lipinski definition) is 3. The first-order chi connectivity index (χ1) is 12.1. The number of nitrogens with zero attached hydrogens (tertiary/aromatic N) is 4. The number of guanidine groups is 1. The molecular formula is C19H34IN5O. The molecule has 7 heteroatoms. The van der Waals surface area contributed by atoms with Gasteiger partial charge >= 0.3 is 0 Å². The minimum absolute atomic E-state index is 0. The van der Waals surface area contributed by atoms with Crippen LogP contribution in [0.5, 0.6) is 0 Å². The maximum atomic E-state index is 11.9. The Kier molecular flexibility index (Phi) is 6.69. The molecule has 1 amide bonds. The molecule has 2 bridgehead atoms. The minimum atomic E-state index is 0. The van der Waals surface area contributed by atoms with Crippen molar-refractivity contribution in [2.45, 2.75) is 50.6 Å². The van der Waals surface area contributed by atoms with E-state index in [1.165, 1.54) is 38.5 Å². The predicted octanol–water partition coefficient (Wildman–Crippen LogP) is 1.61. The van der Waals surface area contributed by atoms with Crippen molar-refractivity contribution in [3.05, 3.63) is 0 Å². The second-order valence-electron chi connectivity index (χ2n) is 8.61. The van der Waals surface area contributed by atoms with E-state index in [9.17, 15) is 4.79 Å². The molecule has 3 unspecified atom stereocenters. The van der Waals surface area contributed by atoms with Crippen molar-refractivity contribution in [1.29, 1.82) is 0 Å². The highest BCUT2D eigenvalue weighted by molar-refractivity contribution is 14.0. The largest absolute Gasteiger partial charge is 0.353 e. The van der Waals surface area contributed by atoms with Gasteiger partial charge in [-0.3, -0.25) is 9.69 Å². The van der Waals surface area contributed by atoms with E-state index in [0.29, 0.717) is 6.04 Å². The summed E-state index contributed by atoms with van der Waals surface area (Å²) >= 11 is 0. The van der Waals surface area contributed by atoms with Crippen LogP contribution in [-0.2, 0) is 4.79 Å². The second-order valence-corrected chi connectivity index (χ2v) is 8.61. The quantitative estimate of drug-likeness (QED) is 0.382. The lowest BCUT2D eigenvalue weighted by molar-refractivity contribution is -0.127. The van der Waals surface area contributed by atoms with Gasteiger partial charge in [-0.05, 0) is 43.9 Å². The topological polar surface area (TPSA) is 51.2 Å². The molecule has 1 saturated heterocycles. The molecule has 3 aliphatic carbocycles. The average molecular weight is 475 g/mol. The average Bonchev–Trinajstić information content (AvgIpc) is 3.18. The van der Waals surface area contributed by atoms with Crippen molar-refractivity contribution in [3.8, 4) is 0 Å². The number of rotatable bonds is 4. The molecule has 1 N–H and O–H groups in total. The number of amides is 1. The highest BCUT2D eigenvalue weighted by Crippen LogP contribution is 2.46. The molecule has 4 rings (SSSR count). The second kappa shape index (κ2) is 8.63. The van der Waals surface area contributed by atoms with E-state index < -0.39 is 0 Å². The number of aliphatic imine (C=N–C) groups is 1. The number of carbonyl (C=O) groups is 1. The smallest absolute Gasteiger partial charge is 0.243 e. The monoisotopic (exact) mass is 475 g/mol. The third-order valence-corrected chi connectivity index (χ3v) is 6.56.